The molecule has 3 rings (SSSR count). The zero-order chi connectivity index (χ0) is 12.5. The number of benzene rings is 1. The van der Waals surface area contributed by atoms with Crippen molar-refractivity contribution in [2.45, 2.75) is 6.54 Å². The normalized spacial score (nSPS) is 13.4. The molecule has 1 aliphatic heterocycles. The molecule has 2 heterocycles. The van der Waals surface area contributed by atoms with Crippen LogP contribution in [-0.4, -0.2) is 18.1 Å². The number of fused-ring (bicyclic) bond motifs is 1. The molecule has 0 fully saturated rings. The number of ether oxygens (including phenoxy) is 1. The lowest BCUT2D eigenvalue weighted by molar-refractivity contribution is 0.305. The first kappa shape index (κ1) is 13.9. The van der Waals surface area contributed by atoms with Crippen molar-refractivity contribution >= 4 is 34.6 Å². The molecule has 1 aliphatic rings. The van der Waals surface area contributed by atoms with Crippen LogP contribution in [0.4, 0.5) is 15.2 Å². The summed E-state index contributed by atoms with van der Waals surface area (Å²) >= 11 is 1.47. The first-order valence-corrected chi connectivity index (χ1v) is 6.41. The minimum atomic E-state index is -0.280. The highest BCUT2D eigenvalue weighted by atomic mass is 35.5. The molecule has 0 saturated carbocycles. The summed E-state index contributed by atoms with van der Waals surface area (Å²) in [5, 5.41) is 0.567. The van der Waals surface area contributed by atoms with Crippen molar-refractivity contribution in [2.75, 3.05) is 23.8 Å². The Hall–Kier alpha value is -1.53. The van der Waals surface area contributed by atoms with Crippen LogP contribution < -0.4 is 15.4 Å². The highest BCUT2D eigenvalue weighted by Gasteiger charge is 2.19. The number of hydrogen-bond acceptors (Lipinski definition) is 5. The number of aromatic nitrogens is 1. The Morgan fingerprint density at radius 3 is 3.05 bits per heavy atom. The van der Waals surface area contributed by atoms with Crippen LogP contribution in [0.2, 0.25) is 0 Å². The second kappa shape index (κ2) is 5.63. The van der Waals surface area contributed by atoms with Crippen LogP contribution in [0.25, 0.3) is 0 Å². The lowest BCUT2D eigenvalue weighted by atomic mass is 10.2. The van der Waals surface area contributed by atoms with E-state index in [4.69, 9.17) is 10.5 Å². The third-order valence-electron chi connectivity index (χ3n) is 2.80. The number of anilines is 2. The summed E-state index contributed by atoms with van der Waals surface area (Å²) in [4.78, 5) is 7.26. The van der Waals surface area contributed by atoms with Gasteiger partial charge in [0.2, 0.25) is 0 Å². The van der Waals surface area contributed by atoms with E-state index in [0.29, 0.717) is 17.5 Å². The molecule has 19 heavy (non-hydrogen) atoms. The smallest absolute Gasteiger partial charge is 0.180 e. The monoisotopic (exact) mass is 301 g/mol. The van der Waals surface area contributed by atoms with Crippen molar-refractivity contribution in [3.63, 3.8) is 0 Å². The fourth-order valence-electron chi connectivity index (χ4n) is 2.00. The molecule has 1 aromatic carbocycles. The number of nitrogens with zero attached hydrogens (tertiary/aromatic N) is 2. The van der Waals surface area contributed by atoms with Crippen LogP contribution in [-0.2, 0) is 6.54 Å². The first-order valence-electron chi connectivity index (χ1n) is 5.60. The summed E-state index contributed by atoms with van der Waals surface area (Å²) < 4.78 is 18.6. The average Bonchev–Trinajstić information content (AvgIpc) is 2.75. The molecule has 0 bridgehead atoms. The van der Waals surface area contributed by atoms with Gasteiger partial charge in [0.05, 0.1) is 18.8 Å². The summed E-state index contributed by atoms with van der Waals surface area (Å²) in [6, 6.07) is 4.61. The van der Waals surface area contributed by atoms with Crippen LogP contribution in [0, 0.1) is 5.82 Å². The van der Waals surface area contributed by atoms with E-state index < -0.39 is 0 Å². The number of rotatable bonds is 2. The van der Waals surface area contributed by atoms with Gasteiger partial charge < -0.3 is 15.4 Å². The Balaban J connectivity index is 0.00000133. The highest BCUT2D eigenvalue weighted by Crippen LogP contribution is 2.33. The number of nitrogen functional groups attached to an aromatic ring is 1. The van der Waals surface area contributed by atoms with Gasteiger partial charge in [0.15, 0.2) is 5.13 Å². The molecule has 0 aliphatic carbocycles. The van der Waals surface area contributed by atoms with Gasteiger partial charge in [0, 0.05) is 17.1 Å². The van der Waals surface area contributed by atoms with Crippen molar-refractivity contribution < 1.29 is 9.13 Å². The largest absolute Gasteiger partial charge is 0.489 e. The van der Waals surface area contributed by atoms with Gasteiger partial charge >= 0.3 is 0 Å². The molecule has 4 nitrogen and oxygen atoms in total. The molecule has 102 valence electrons. The van der Waals surface area contributed by atoms with Crippen LogP contribution in [0.15, 0.2) is 24.4 Å². The summed E-state index contributed by atoms with van der Waals surface area (Å²) in [6.07, 6.45) is 1.78. The van der Waals surface area contributed by atoms with Crippen LogP contribution in [0.3, 0.4) is 0 Å². The van der Waals surface area contributed by atoms with Crippen molar-refractivity contribution in [1.29, 1.82) is 0 Å². The minimum absolute atomic E-state index is 0. The van der Waals surface area contributed by atoms with Crippen molar-refractivity contribution in [2.24, 2.45) is 0 Å². The molecule has 0 saturated heterocycles. The van der Waals surface area contributed by atoms with Gasteiger partial charge in [-0.25, -0.2) is 9.37 Å². The summed E-state index contributed by atoms with van der Waals surface area (Å²) in [6.45, 7) is 2.05. The number of thiazole rings is 1. The molecule has 7 heteroatoms. The van der Waals surface area contributed by atoms with Gasteiger partial charge in [-0.2, -0.15) is 0 Å². The van der Waals surface area contributed by atoms with Gasteiger partial charge in [-0.15, -0.1) is 23.7 Å². The van der Waals surface area contributed by atoms with Gasteiger partial charge in [-0.1, -0.05) is 0 Å². The van der Waals surface area contributed by atoms with Gasteiger partial charge in [0.1, 0.15) is 18.2 Å². The predicted octanol–water partition coefficient (Wildman–Crippen LogP) is 2.69. The maximum Gasteiger partial charge on any atom is 0.180 e. The van der Waals surface area contributed by atoms with E-state index in [2.05, 4.69) is 9.88 Å². The van der Waals surface area contributed by atoms with Crippen LogP contribution in [0.5, 0.6) is 5.75 Å². The molecular formula is C12H13ClFN3OS. The quantitative estimate of drug-likeness (QED) is 0.926. The summed E-state index contributed by atoms with van der Waals surface area (Å²) in [5.41, 5.74) is 6.52. The van der Waals surface area contributed by atoms with E-state index in [1.165, 1.54) is 23.5 Å². The van der Waals surface area contributed by atoms with Gasteiger partial charge in [0.25, 0.3) is 0 Å². The van der Waals surface area contributed by atoms with Crippen molar-refractivity contribution in [3.8, 4) is 5.75 Å². The van der Waals surface area contributed by atoms with Crippen LogP contribution >= 0.6 is 23.7 Å². The zero-order valence-electron chi connectivity index (χ0n) is 10.0. The maximum atomic E-state index is 13.1. The maximum absolute atomic E-state index is 13.1. The number of hydrogen-bond donors (Lipinski definition) is 1. The third kappa shape index (κ3) is 2.90. The average molecular weight is 302 g/mol. The second-order valence-electron chi connectivity index (χ2n) is 4.05. The highest BCUT2D eigenvalue weighted by molar-refractivity contribution is 7.15. The Morgan fingerprint density at radius 2 is 2.32 bits per heavy atom. The van der Waals surface area contributed by atoms with E-state index in [-0.39, 0.29) is 18.2 Å². The fraction of sp³-hybridized carbons (Fsp3) is 0.250. The summed E-state index contributed by atoms with van der Waals surface area (Å²) in [7, 11) is 0. The molecule has 2 N–H and O–H groups in total. The lowest BCUT2D eigenvalue weighted by Crippen LogP contribution is -2.31. The molecular weight excluding hydrogens is 289 g/mol. The third-order valence-corrected chi connectivity index (χ3v) is 3.61. The molecule has 0 spiro atoms. The Bertz CT molecular complexity index is 578. The molecule has 1 aromatic heterocycles. The molecule has 0 unspecified atom stereocenters. The zero-order valence-corrected chi connectivity index (χ0v) is 11.6. The van der Waals surface area contributed by atoms with Crippen molar-refractivity contribution in [3.05, 3.63) is 35.1 Å². The summed E-state index contributed by atoms with van der Waals surface area (Å²) in [5.74, 6) is 0.316. The van der Waals surface area contributed by atoms with Gasteiger partial charge in [-0.3, -0.25) is 0 Å². The Kier molecular flexibility index (Phi) is 4.11. The Morgan fingerprint density at radius 1 is 1.47 bits per heavy atom. The number of halogens is 2. The Labute approximate surface area is 120 Å². The first-order chi connectivity index (χ1) is 8.72. The van der Waals surface area contributed by atoms with E-state index in [1.807, 2.05) is 0 Å². The molecule has 0 amide bonds. The molecule has 0 radical (unpaired) electrons. The predicted molar refractivity (Wildman–Crippen MR) is 76.7 cm³/mol. The minimum Gasteiger partial charge on any atom is -0.489 e. The molecule has 0 atom stereocenters. The standard InChI is InChI=1S/C12H12FN3OS.ClH/c13-8-1-2-10-11(5-8)17-4-3-16(10)7-9-6-15-12(14)18-9;/h1-2,5-6H,3-4,7H2,(H2,14,15);1H. The van der Waals surface area contributed by atoms with E-state index in [9.17, 15) is 4.39 Å². The SMILES string of the molecule is Cl.Nc1ncc(CN2CCOc3cc(F)ccc32)s1. The van der Waals surface area contributed by atoms with E-state index in [0.717, 1.165) is 23.7 Å². The number of nitrogens with two attached hydrogens (primary N) is 1. The second-order valence-corrected chi connectivity index (χ2v) is 5.19. The lowest BCUT2D eigenvalue weighted by Gasteiger charge is -2.30. The topological polar surface area (TPSA) is 51.4 Å². The molecule has 2 aromatic rings. The van der Waals surface area contributed by atoms with Crippen molar-refractivity contribution in [1.82, 2.24) is 4.98 Å². The van der Waals surface area contributed by atoms with Crippen LogP contribution in [0.1, 0.15) is 4.88 Å². The van der Waals surface area contributed by atoms with Gasteiger partial charge in [-0.05, 0) is 12.1 Å². The fourth-order valence-corrected chi connectivity index (χ4v) is 2.70. The van der Waals surface area contributed by atoms with E-state index in [1.54, 1.807) is 12.3 Å². The van der Waals surface area contributed by atoms with E-state index >= 15 is 0 Å².